The highest BCUT2D eigenvalue weighted by molar-refractivity contribution is 7.89. The molecule has 0 aliphatic heterocycles. The van der Waals surface area contributed by atoms with Gasteiger partial charge in [0.15, 0.2) is 0 Å². The zero-order valence-corrected chi connectivity index (χ0v) is 11.0. The van der Waals surface area contributed by atoms with Gasteiger partial charge in [-0.2, -0.15) is 0 Å². The Morgan fingerprint density at radius 1 is 1.39 bits per heavy atom. The highest BCUT2D eigenvalue weighted by Gasteiger charge is 2.16. The lowest BCUT2D eigenvalue weighted by atomic mass is 10.3. The Morgan fingerprint density at radius 3 is 2.61 bits per heavy atom. The molecule has 7 nitrogen and oxygen atoms in total. The van der Waals surface area contributed by atoms with Gasteiger partial charge < -0.3 is 5.73 Å². The second-order valence-electron chi connectivity index (χ2n) is 3.29. The number of sulfonamides is 1. The van der Waals surface area contributed by atoms with E-state index >= 15 is 0 Å². The van der Waals surface area contributed by atoms with Crippen molar-refractivity contribution in [2.24, 2.45) is 5.73 Å². The minimum Gasteiger partial charge on any atom is -0.330 e. The molecule has 0 spiro atoms. The van der Waals surface area contributed by atoms with Gasteiger partial charge in [-0.05, 0) is 19.0 Å². The van der Waals surface area contributed by atoms with Gasteiger partial charge in [0, 0.05) is 18.7 Å². The van der Waals surface area contributed by atoms with Crippen LogP contribution < -0.4 is 10.5 Å². The number of benzene rings is 1. The van der Waals surface area contributed by atoms with Gasteiger partial charge in [0.1, 0.15) is 0 Å². The Morgan fingerprint density at radius 2 is 2.06 bits per heavy atom. The molecular formula is C9H14ClN3O4S. The maximum Gasteiger partial charge on any atom is 0.270 e. The number of halogens is 1. The first kappa shape index (κ1) is 16.8. The molecular weight excluding hydrogens is 282 g/mol. The number of nitro benzene ring substituents is 1. The molecule has 0 bridgehead atoms. The average molecular weight is 296 g/mol. The molecule has 0 radical (unpaired) electrons. The van der Waals surface area contributed by atoms with Gasteiger partial charge >= 0.3 is 0 Å². The SMILES string of the molecule is Cl.NCCCNS(=O)(=O)c1cccc([N+](=O)[O-])c1. The van der Waals surface area contributed by atoms with Crippen LogP contribution in [0.4, 0.5) is 5.69 Å². The highest BCUT2D eigenvalue weighted by Crippen LogP contribution is 2.16. The molecule has 0 aromatic heterocycles. The normalized spacial score (nSPS) is 10.7. The van der Waals surface area contributed by atoms with E-state index in [1.54, 1.807) is 0 Å². The van der Waals surface area contributed by atoms with Crippen molar-refractivity contribution in [1.82, 2.24) is 4.72 Å². The summed E-state index contributed by atoms with van der Waals surface area (Å²) in [6.07, 6.45) is 0.508. The molecule has 3 N–H and O–H groups in total. The predicted octanol–water partition coefficient (Wildman–Crippen LogP) is 0.644. The van der Waals surface area contributed by atoms with Crippen molar-refractivity contribution in [3.8, 4) is 0 Å². The Kier molecular flexibility index (Phi) is 6.77. The Labute approximate surface area is 111 Å². The molecule has 0 unspecified atom stereocenters. The van der Waals surface area contributed by atoms with E-state index < -0.39 is 14.9 Å². The first-order valence-corrected chi connectivity index (χ1v) is 6.40. The van der Waals surface area contributed by atoms with E-state index in [9.17, 15) is 18.5 Å². The first-order chi connectivity index (χ1) is 7.97. The number of nitro groups is 1. The summed E-state index contributed by atoms with van der Waals surface area (Å²) in [6.45, 7) is 0.582. The van der Waals surface area contributed by atoms with Gasteiger partial charge in [0.05, 0.1) is 9.82 Å². The standard InChI is InChI=1S/C9H13N3O4S.ClH/c10-5-2-6-11-17(15,16)9-4-1-3-8(7-9)12(13)14;/h1,3-4,7,11H,2,5-6,10H2;1H. The minimum absolute atomic E-state index is 0. The Hall–Kier alpha value is -1.22. The smallest absolute Gasteiger partial charge is 0.270 e. The van der Waals surface area contributed by atoms with E-state index in [0.29, 0.717) is 13.0 Å². The van der Waals surface area contributed by atoms with Crippen LogP contribution in [-0.2, 0) is 10.0 Å². The molecule has 1 aromatic rings. The van der Waals surface area contributed by atoms with Crippen LogP contribution in [0.25, 0.3) is 0 Å². The molecule has 0 aliphatic rings. The largest absolute Gasteiger partial charge is 0.330 e. The summed E-state index contributed by atoms with van der Waals surface area (Å²) in [4.78, 5) is 9.75. The van der Waals surface area contributed by atoms with Gasteiger partial charge in [-0.25, -0.2) is 13.1 Å². The molecule has 0 heterocycles. The van der Waals surface area contributed by atoms with Crippen molar-refractivity contribution in [3.63, 3.8) is 0 Å². The van der Waals surface area contributed by atoms with Gasteiger partial charge in [-0.15, -0.1) is 12.4 Å². The lowest BCUT2D eigenvalue weighted by molar-refractivity contribution is -0.385. The quantitative estimate of drug-likeness (QED) is 0.454. The summed E-state index contributed by atoms with van der Waals surface area (Å²) in [6, 6.07) is 4.89. The van der Waals surface area contributed by atoms with Crippen LogP contribution in [0.15, 0.2) is 29.2 Å². The number of non-ortho nitro benzene ring substituents is 1. The number of nitrogens with zero attached hydrogens (tertiary/aromatic N) is 1. The lowest BCUT2D eigenvalue weighted by Gasteiger charge is -2.05. The van der Waals surface area contributed by atoms with Crippen LogP contribution in [-0.4, -0.2) is 26.4 Å². The van der Waals surface area contributed by atoms with Gasteiger partial charge in [0.2, 0.25) is 10.0 Å². The summed E-state index contributed by atoms with van der Waals surface area (Å²) in [5.41, 5.74) is 4.98. The van der Waals surface area contributed by atoms with Crippen molar-refractivity contribution < 1.29 is 13.3 Å². The van der Waals surface area contributed by atoms with E-state index in [1.165, 1.54) is 18.2 Å². The van der Waals surface area contributed by atoms with E-state index in [-0.39, 0.29) is 29.5 Å². The first-order valence-electron chi connectivity index (χ1n) is 4.91. The van der Waals surface area contributed by atoms with Crippen LogP contribution in [0.2, 0.25) is 0 Å². The van der Waals surface area contributed by atoms with Crippen molar-refractivity contribution in [2.45, 2.75) is 11.3 Å². The zero-order chi connectivity index (χ0) is 12.9. The average Bonchev–Trinajstić information content (AvgIpc) is 2.29. The van der Waals surface area contributed by atoms with Crippen LogP contribution in [0.5, 0.6) is 0 Å². The van der Waals surface area contributed by atoms with Crippen LogP contribution in [0, 0.1) is 10.1 Å². The molecule has 0 saturated carbocycles. The van der Waals surface area contributed by atoms with E-state index in [1.807, 2.05) is 0 Å². The molecule has 102 valence electrons. The molecule has 1 aromatic carbocycles. The van der Waals surface area contributed by atoms with Gasteiger partial charge in [-0.1, -0.05) is 6.07 Å². The maximum absolute atomic E-state index is 11.7. The second kappa shape index (κ2) is 7.27. The summed E-state index contributed by atoms with van der Waals surface area (Å²) in [7, 11) is -3.70. The lowest BCUT2D eigenvalue weighted by Crippen LogP contribution is -2.26. The number of hydrogen-bond acceptors (Lipinski definition) is 5. The summed E-state index contributed by atoms with van der Waals surface area (Å²) in [5, 5.41) is 10.5. The Bertz CT molecular complexity index is 506. The van der Waals surface area contributed by atoms with Crippen molar-refractivity contribution in [3.05, 3.63) is 34.4 Å². The van der Waals surface area contributed by atoms with Crippen LogP contribution in [0.3, 0.4) is 0 Å². The summed E-state index contributed by atoms with van der Waals surface area (Å²) in [5.74, 6) is 0. The van der Waals surface area contributed by atoms with Crippen molar-refractivity contribution in [2.75, 3.05) is 13.1 Å². The van der Waals surface area contributed by atoms with Crippen LogP contribution >= 0.6 is 12.4 Å². The fourth-order valence-corrected chi connectivity index (χ4v) is 2.27. The number of hydrogen-bond donors (Lipinski definition) is 2. The molecule has 0 amide bonds. The fraction of sp³-hybridized carbons (Fsp3) is 0.333. The Balaban J connectivity index is 0.00000289. The minimum atomic E-state index is -3.70. The molecule has 18 heavy (non-hydrogen) atoms. The van der Waals surface area contributed by atoms with E-state index in [0.717, 1.165) is 6.07 Å². The molecule has 0 atom stereocenters. The fourth-order valence-electron chi connectivity index (χ4n) is 1.16. The van der Waals surface area contributed by atoms with Crippen molar-refractivity contribution in [1.29, 1.82) is 0 Å². The molecule has 0 saturated heterocycles. The third-order valence-electron chi connectivity index (χ3n) is 2.01. The summed E-state index contributed by atoms with van der Waals surface area (Å²) >= 11 is 0. The highest BCUT2D eigenvalue weighted by atomic mass is 35.5. The summed E-state index contributed by atoms with van der Waals surface area (Å²) < 4.78 is 25.7. The number of rotatable bonds is 6. The molecule has 0 fully saturated rings. The molecule has 9 heteroatoms. The van der Waals surface area contributed by atoms with E-state index in [2.05, 4.69) is 4.72 Å². The molecule has 0 aliphatic carbocycles. The van der Waals surface area contributed by atoms with Crippen LogP contribution in [0.1, 0.15) is 6.42 Å². The number of nitrogens with two attached hydrogens (primary N) is 1. The van der Waals surface area contributed by atoms with Crippen molar-refractivity contribution >= 4 is 28.1 Å². The zero-order valence-electron chi connectivity index (χ0n) is 9.40. The topological polar surface area (TPSA) is 115 Å². The second-order valence-corrected chi connectivity index (χ2v) is 5.06. The third-order valence-corrected chi connectivity index (χ3v) is 3.47. The monoisotopic (exact) mass is 295 g/mol. The maximum atomic E-state index is 11.7. The number of nitrogens with one attached hydrogen (secondary N) is 1. The van der Waals surface area contributed by atoms with Gasteiger partial charge in [-0.3, -0.25) is 10.1 Å². The van der Waals surface area contributed by atoms with E-state index in [4.69, 9.17) is 5.73 Å². The van der Waals surface area contributed by atoms with Gasteiger partial charge in [0.25, 0.3) is 5.69 Å². The molecule has 1 rings (SSSR count). The third kappa shape index (κ3) is 4.57. The predicted molar refractivity (Wildman–Crippen MR) is 69.2 cm³/mol.